The molecule has 0 aromatic heterocycles. The van der Waals surface area contributed by atoms with Crippen LogP contribution in [-0.2, 0) is 4.79 Å². The Morgan fingerprint density at radius 1 is 1.24 bits per heavy atom. The number of carbonyl (C=O) groups is 1. The molecule has 0 radical (unpaired) electrons. The van der Waals surface area contributed by atoms with Crippen LogP contribution < -0.4 is 10.1 Å². The molecule has 21 heavy (non-hydrogen) atoms. The molecule has 0 spiro atoms. The van der Waals surface area contributed by atoms with Crippen LogP contribution in [-0.4, -0.2) is 29.8 Å². The van der Waals surface area contributed by atoms with Crippen LogP contribution in [0.15, 0.2) is 18.2 Å². The molecule has 1 aromatic carbocycles. The maximum atomic E-state index is 11.3. The smallest absolute Gasteiger partial charge is 0.310 e. The average molecular weight is 293 g/mol. The number of hydrogen-bond donors (Lipinski definition) is 2. The second-order valence-electron chi connectivity index (χ2n) is 6.60. The molecule has 4 heteroatoms. The van der Waals surface area contributed by atoms with Crippen molar-refractivity contribution in [3.63, 3.8) is 0 Å². The fourth-order valence-electron chi connectivity index (χ4n) is 1.88. The van der Waals surface area contributed by atoms with Gasteiger partial charge in [0, 0.05) is 12.1 Å². The Hall–Kier alpha value is -1.55. The van der Waals surface area contributed by atoms with Crippen molar-refractivity contribution in [2.45, 2.75) is 47.1 Å². The second-order valence-corrected chi connectivity index (χ2v) is 6.60. The molecule has 0 bridgehead atoms. The third kappa shape index (κ3) is 4.21. The minimum atomic E-state index is -0.855. The van der Waals surface area contributed by atoms with Gasteiger partial charge >= 0.3 is 5.97 Å². The van der Waals surface area contributed by atoms with Crippen LogP contribution in [0, 0.1) is 19.3 Å². The Morgan fingerprint density at radius 3 is 2.43 bits per heavy atom. The van der Waals surface area contributed by atoms with Gasteiger partial charge in [-0.3, -0.25) is 4.79 Å². The lowest BCUT2D eigenvalue weighted by Crippen LogP contribution is -2.55. The van der Waals surface area contributed by atoms with Crippen molar-refractivity contribution in [1.29, 1.82) is 0 Å². The Morgan fingerprint density at radius 2 is 1.86 bits per heavy atom. The van der Waals surface area contributed by atoms with Crippen molar-refractivity contribution < 1.29 is 14.6 Å². The number of carboxylic acid groups (broad SMARTS) is 1. The zero-order valence-electron chi connectivity index (χ0n) is 13.9. The standard InChI is InChI=1S/C17H27NO3/c1-12-7-8-13(2)14(11-12)21-10-9-18-17(5,6)16(3,4)15(19)20/h7-8,11,18H,9-10H2,1-6H3,(H,19,20). The monoisotopic (exact) mass is 293 g/mol. The topological polar surface area (TPSA) is 58.6 Å². The Balaban J connectivity index is 2.54. The molecule has 0 unspecified atom stereocenters. The van der Waals surface area contributed by atoms with E-state index < -0.39 is 16.9 Å². The summed E-state index contributed by atoms with van der Waals surface area (Å²) < 4.78 is 5.78. The molecule has 4 nitrogen and oxygen atoms in total. The molecule has 0 saturated heterocycles. The maximum Gasteiger partial charge on any atom is 0.310 e. The highest BCUT2D eigenvalue weighted by Gasteiger charge is 2.42. The van der Waals surface area contributed by atoms with Crippen LogP contribution in [0.4, 0.5) is 0 Å². The molecule has 1 aromatic rings. The first-order valence-electron chi connectivity index (χ1n) is 7.26. The van der Waals surface area contributed by atoms with Crippen LogP contribution in [0.3, 0.4) is 0 Å². The van der Waals surface area contributed by atoms with Gasteiger partial charge in [-0.2, -0.15) is 0 Å². The Kier molecular flexibility index (Phi) is 5.40. The zero-order valence-corrected chi connectivity index (χ0v) is 13.9. The van der Waals surface area contributed by atoms with E-state index in [9.17, 15) is 9.90 Å². The molecule has 0 aliphatic carbocycles. The number of carboxylic acids is 1. The molecule has 1 rings (SSSR count). The van der Waals surface area contributed by atoms with Gasteiger partial charge < -0.3 is 15.2 Å². The van der Waals surface area contributed by atoms with Gasteiger partial charge in [0.05, 0.1) is 5.41 Å². The van der Waals surface area contributed by atoms with Crippen molar-refractivity contribution >= 4 is 5.97 Å². The van der Waals surface area contributed by atoms with Gasteiger partial charge in [0.2, 0.25) is 0 Å². The number of aryl methyl sites for hydroxylation is 2. The first-order chi connectivity index (χ1) is 9.58. The van der Waals surface area contributed by atoms with E-state index in [-0.39, 0.29) is 0 Å². The molecular weight excluding hydrogens is 266 g/mol. The largest absolute Gasteiger partial charge is 0.492 e. The number of hydrogen-bond acceptors (Lipinski definition) is 3. The first kappa shape index (κ1) is 17.5. The summed E-state index contributed by atoms with van der Waals surface area (Å²) in [6.45, 7) is 12.4. The summed E-state index contributed by atoms with van der Waals surface area (Å²) in [5.74, 6) is 0.0718. The number of aliphatic carboxylic acids is 1. The highest BCUT2D eigenvalue weighted by Crippen LogP contribution is 2.30. The molecular formula is C17H27NO3. The van der Waals surface area contributed by atoms with E-state index in [4.69, 9.17) is 4.74 Å². The van der Waals surface area contributed by atoms with E-state index in [0.29, 0.717) is 13.2 Å². The minimum absolute atomic E-state index is 0.503. The van der Waals surface area contributed by atoms with Crippen molar-refractivity contribution in [3.05, 3.63) is 29.3 Å². The minimum Gasteiger partial charge on any atom is -0.492 e. The first-order valence-corrected chi connectivity index (χ1v) is 7.26. The summed E-state index contributed by atoms with van der Waals surface area (Å²) in [4.78, 5) is 11.3. The lowest BCUT2D eigenvalue weighted by molar-refractivity contribution is -0.151. The van der Waals surface area contributed by atoms with Gasteiger partial charge in [0.25, 0.3) is 0 Å². The lowest BCUT2D eigenvalue weighted by Gasteiger charge is -2.39. The maximum absolute atomic E-state index is 11.3. The highest BCUT2D eigenvalue weighted by molar-refractivity contribution is 5.75. The summed E-state index contributed by atoms with van der Waals surface area (Å²) in [7, 11) is 0. The van der Waals surface area contributed by atoms with Crippen molar-refractivity contribution in [2.24, 2.45) is 5.41 Å². The second kappa shape index (κ2) is 6.48. The van der Waals surface area contributed by atoms with Gasteiger partial charge in [-0.1, -0.05) is 12.1 Å². The third-order valence-electron chi connectivity index (χ3n) is 4.37. The van der Waals surface area contributed by atoms with Crippen LogP contribution in [0.5, 0.6) is 5.75 Å². The van der Waals surface area contributed by atoms with E-state index in [1.807, 2.05) is 39.8 Å². The number of nitrogens with one attached hydrogen (secondary N) is 1. The van der Waals surface area contributed by atoms with Crippen molar-refractivity contribution in [3.8, 4) is 5.75 Å². The molecule has 0 fully saturated rings. The molecule has 118 valence electrons. The molecule has 0 amide bonds. The summed E-state index contributed by atoms with van der Waals surface area (Å²) in [6.07, 6.45) is 0. The zero-order chi connectivity index (χ0) is 16.3. The van der Waals surface area contributed by atoms with Crippen molar-refractivity contribution in [1.82, 2.24) is 5.32 Å². The fourth-order valence-corrected chi connectivity index (χ4v) is 1.88. The summed E-state index contributed by atoms with van der Waals surface area (Å²) >= 11 is 0. The summed E-state index contributed by atoms with van der Waals surface area (Å²) in [5, 5.41) is 12.6. The van der Waals surface area contributed by atoms with E-state index in [1.165, 1.54) is 0 Å². The predicted octanol–water partition coefficient (Wildman–Crippen LogP) is 3.16. The third-order valence-corrected chi connectivity index (χ3v) is 4.37. The Bertz CT molecular complexity index is 507. The van der Waals surface area contributed by atoms with Crippen molar-refractivity contribution in [2.75, 3.05) is 13.2 Å². The SMILES string of the molecule is Cc1ccc(C)c(OCCNC(C)(C)C(C)(C)C(=O)O)c1. The van der Waals surface area contributed by atoms with Crippen LogP contribution >= 0.6 is 0 Å². The molecule has 0 aliphatic heterocycles. The summed E-state index contributed by atoms with van der Waals surface area (Å²) in [6, 6.07) is 6.11. The summed E-state index contributed by atoms with van der Waals surface area (Å²) in [5.41, 5.74) is 0.887. The number of rotatable bonds is 7. The van der Waals surface area contributed by atoms with Gasteiger partial charge in [-0.25, -0.2) is 0 Å². The predicted molar refractivity (Wildman–Crippen MR) is 84.9 cm³/mol. The average Bonchev–Trinajstić information content (AvgIpc) is 2.38. The van der Waals surface area contributed by atoms with Gasteiger partial charge in [-0.15, -0.1) is 0 Å². The lowest BCUT2D eigenvalue weighted by atomic mass is 9.74. The highest BCUT2D eigenvalue weighted by atomic mass is 16.5. The van der Waals surface area contributed by atoms with E-state index >= 15 is 0 Å². The Labute approximate surface area is 127 Å². The normalized spacial score (nSPS) is 12.3. The molecule has 2 N–H and O–H groups in total. The van der Waals surface area contributed by atoms with Crippen LogP contribution in [0.25, 0.3) is 0 Å². The molecule has 0 heterocycles. The number of benzene rings is 1. The quantitative estimate of drug-likeness (QED) is 0.758. The van der Waals surface area contributed by atoms with Gasteiger partial charge in [-0.05, 0) is 58.7 Å². The molecule has 0 saturated carbocycles. The van der Waals surface area contributed by atoms with E-state index in [1.54, 1.807) is 13.8 Å². The van der Waals surface area contributed by atoms with Gasteiger partial charge in [0.15, 0.2) is 0 Å². The van der Waals surface area contributed by atoms with Crippen LogP contribution in [0.2, 0.25) is 0 Å². The van der Waals surface area contributed by atoms with Gasteiger partial charge in [0.1, 0.15) is 12.4 Å². The van der Waals surface area contributed by atoms with Crippen LogP contribution in [0.1, 0.15) is 38.8 Å². The molecule has 0 atom stereocenters. The number of ether oxygens (including phenoxy) is 1. The fraction of sp³-hybridized carbons (Fsp3) is 0.588. The van der Waals surface area contributed by atoms with E-state index in [2.05, 4.69) is 11.4 Å². The van der Waals surface area contributed by atoms with E-state index in [0.717, 1.165) is 16.9 Å². The molecule has 0 aliphatic rings.